The molecule has 10 heteroatoms. The number of benzene rings is 1. The number of pyridine rings is 1. The van der Waals surface area contributed by atoms with Crippen molar-refractivity contribution in [3.63, 3.8) is 0 Å². The maximum atomic E-state index is 12.3. The summed E-state index contributed by atoms with van der Waals surface area (Å²) < 4.78 is 6.96. The molecule has 27 heavy (non-hydrogen) atoms. The Labute approximate surface area is 163 Å². The minimum Gasteiger partial charge on any atom is -0.345 e. The van der Waals surface area contributed by atoms with Crippen LogP contribution < -0.4 is 5.32 Å². The lowest BCUT2D eigenvalue weighted by Gasteiger charge is -2.06. The first-order valence-electron chi connectivity index (χ1n) is 7.89. The van der Waals surface area contributed by atoms with Gasteiger partial charge in [0.05, 0.1) is 22.2 Å². The molecule has 0 fully saturated rings. The van der Waals surface area contributed by atoms with Gasteiger partial charge in [0.15, 0.2) is 17.3 Å². The lowest BCUT2D eigenvalue weighted by Crippen LogP contribution is -2.24. The van der Waals surface area contributed by atoms with Crippen molar-refractivity contribution < 1.29 is 9.32 Å². The van der Waals surface area contributed by atoms with E-state index in [0.717, 1.165) is 0 Å². The van der Waals surface area contributed by atoms with Crippen LogP contribution in [0.5, 0.6) is 0 Å². The Morgan fingerprint density at radius 1 is 1.22 bits per heavy atom. The zero-order valence-electron chi connectivity index (χ0n) is 14.0. The summed E-state index contributed by atoms with van der Waals surface area (Å²) in [6.45, 7) is 1.91. The van der Waals surface area contributed by atoms with Crippen molar-refractivity contribution in [2.45, 2.75) is 13.5 Å². The average molecular weight is 403 g/mol. The zero-order chi connectivity index (χ0) is 19.0. The lowest BCUT2D eigenvalue weighted by molar-refractivity contribution is 0.0950. The third kappa shape index (κ3) is 3.36. The van der Waals surface area contributed by atoms with E-state index in [1.807, 2.05) is 12.1 Å². The Kier molecular flexibility index (Phi) is 4.51. The Morgan fingerprint density at radius 2 is 2.07 bits per heavy atom. The van der Waals surface area contributed by atoms with Crippen LogP contribution in [0, 0.1) is 6.92 Å². The van der Waals surface area contributed by atoms with Crippen molar-refractivity contribution in [1.82, 2.24) is 30.1 Å². The molecule has 0 atom stereocenters. The van der Waals surface area contributed by atoms with Crippen LogP contribution in [0.15, 0.2) is 41.1 Å². The zero-order valence-corrected chi connectivity index (χ0v) is 15.5. The SMILES string of the molecule is Cc1noc(-c2cccn3c(CNC(=O)c4ccc(Cl)c(Cl)c4)nnc23)n1. The molecular formula is C17H12Cl2N6O2. The van der Waals surface area contributed by atoms with Crippen molar-refractivity contribution >= 4 is 34.8 Å². The molecule has 0 radical (unpaired) electrons. The first kappa shape index (κ1) is 17.4. The van der Waals surface area contributed by atoms with Crippen LogP contribution in [-0.2, 0) is 6.54 Å². The van der Waals surface area contributed by atoms with E-state index >= 15 is 0 Å². The number of nitrogens with zero attached hydrogens (tertiary/aromatic N) is 5. The van der Waals surface area contributed by atoms with Crippen molar-refractivity contribution in [2.24, 2.45) is 0 Å². The Hall–Kier alpha value is -2.97. The van der Waals surface area contributed by atoms with Gasteiger partial charge in [-0.2, -0.15) is 4.98 Å². The standard InChI is InChI=1S/C17H12Cl2N6O2/c1-9-21-17(27-24-9)11-3-2-6-25-14(22-23-15(11)25)8-20-16(26)10-4-5-12(18)13(19)7-10/h2-7H,8H2,1H3,(H,20,26). The number of hydrogen-bond acceptors (Lipinski definition) is 6. The molecule has 4 rings (SSSR count). The van der Waals surface area contributed by atoms with E-state index in [1.54, 1.807) is 29.7 Å². The molecule has 0 saturated carbocycles. The third-order valence-corrected chi connectivity index (χ3v) is 4.59. The van der Waals surface area contributed by atoms with Crippen LogP contribution in [-0.4, -0.2) is 30.6 Å². The van der Waals surface area contributed by atoms with Crippen LogP contribution in [0.1, 0.15) is 22.0 Å². The number of amides is 1. The van der Waals surface area contributed by atoms with E-state index < -0.39 is 0 Å². The summed E-state index contributed by atoms with van der Waals surface area (Å²) >= 11 is 11.8. The molecular weight excluding hydrogens is 391 g/mol. The van der Waals surface area contributed by atoms with Crippen molar-refractivity contribution in [3.8, 4) is 11.5 Å². The van der Waals surface area contributed by atoms with Crippen molar-refractivity contribution in [1.29, 1.82) is 0 Å². The summed E-state index contributed by atoms with van der Waals surface area (Å²) in [5.74, 6) is 1.14. The summed E-state index contributed by atoms with van der Waals surface area (Å²) in [4.78, 5) is 16.5. The van der Waals surface area contributed by atoms with Crippen LogP contribution in [0.2, 0.25) is 10.0 Å². The highest BCUT2D eigenvalue weighted by molar-refractivity contribution is 6.42. The molecule has 1 aromatic carbocycles. The molecule has 3 aromatic heterocycles. The summed E-state index contributed by atoms with van der Waals surface area (Å²) in [5.41, 5.74) is 1.62. The van der Waals surface area contributed by atoms with E-state index in [-0.39, 0.29) is 12.5 Å². The molecule has 8 nitrogen and oxygen atoms in total. The van der Waals surface area contributed by atoms with Gasteiger partial charge in [0, 0.05) is 11.8 Å². The van der Waals surface area contributed by atoms with Crippen molar-refractivity contribution in [2.75, 3.05) is 0 Å². The molecule has 0 bridgehead atoms. The van der Waals surface area contributed by atoms with E-state index in [0.29, 0.717) is 44.4 Å². The lowest BCUT2D eigenvalue weighted by atomic mass is 10.2. The fraction of sp³-hybridized carbons (Fsp3) is 0.118. The molecule has 3 heterocycles. The van der Waals surface area contributed by atoms with Gasteiger partial charge in [0.1, 0.15) is 0 Å². The number of carbonyl (C=O) groups excluding carboxylic acids is 1. The van der Waals surface area contributed by atoms with Gasteiger partial charge in [-0.15, -0.1) is 10.2 Å². The van der Waals surface area contributed by atoms with Gasteiger partial charge in [-0.3, -0.25) is 9.20 Å². The van der Waals surface area contributed by atoms with Crippen molar-refractivity contribution in [3.05, 3.63) is 63.8 Å². The predicted molar refractivity (Wildman–Crippen MR) is 98.6 cm³/mol. The first-order chi connectivity index (χ1) is 13.0. The maximum Gasteiger partial charge on any atom is 0.261 e. The number of aromatic nitrogens is 5. The fourth-order valence-electron chi connectivity index (χ4n) is 2.56. The molecule has 136 valence electrons. The van der Waals surface area contributed by atoms with Gasteiger partial charge in [0.25, 0.3) is 11.8 Å². The van der Waals surface area contributed by atoms with Crippen LogP contribution in [0.3, 0.4) is 0 Å². The average Bonchev–Trinajstić information content (AvgIpc) is 3.28. The van der Waals surface area contributed by atoms with E-state index in [1.165, 1.54) is 6.07 Å². The Morgan fingerprint density at radius 3 is 2.81 bits per heavy atom. The number of carbonyl (C=O) groups is 1. The van der Waals surface area contributed by atoms with Crippen LogP contribution in [0.25, 0.3) is 17.1 Å². The Bertz CT molecular complexity index is 1150. The highest BCUT2D eigenvalue weighted by Crippen LogP contribution is 2.23. The number of nitrogens with one attached hydrogen (secondary N) is 1. The van der Waals surface area contributed by atoms with E-state index in [4.69, 9.17) is 27.7 Å². The molecule has 1 amide bonds. The smallest absolute Gasteiger partial charge is 0.261 e. The van der Waals surface area contributed by atoms with Gasteiger partial charge >= 0.3 is 0 Å². The van der Waals surface area contributed by atoms with Gasteiger partial charge in [-0.1, -0.05) is 28.4 Å². The second-order valence-corrected chi connectivity index (χ2v) is 6.50. The van der Waals surface area contributed by atoms with Gasteiger partial charge < -0.3 is 9.84 Å². The molecule has 4 aromatic rings. The van der Waals surface area contributed by atoms with Crippen LogP contribution >= 0.6 is 23.2 Å². The molecule has 0 spiro atoms. The molecule has 0 aliphatic rings. The van der Waals surface area contributed by atoms with Gasteiger partial charge in [0.2, 0.25) is 0 Å². The third-order valence-electron chi connectivity index (χ3n) is 3.85. The fourth-order valence-corrected chi connectivity index (χ4v) is 2.85. The number of aryl methyl sites for hydroxylation is 1. The Balaban J connectivity index is 1.58. The highest BCUT2D eigenvalue weighted by atomic mass is 35.5. The second-order valence-electron chi connectivity index (χ2n) is 5.69. The largest absolute Gasteiger partial charge is 0.345 e. The second kappa shape index (κ2) is 6.98. The van der Waals surface area contributed by atoms with Crippen LogP contribution in [0.4, 0.5) is 0 Å². The normalized spacial score (nSPS) is 11.1. The van der Waals surface area contributed by atoms with E-state index in [2.05, 4.69) is 25.7 Å². The molecule has 1 N–H and O–H groups in total. The summed E-state index contributed by atoms with van der Waals surface area (Å²) in [7, 11) is 0. The number of hydrogen-bond donors (Lipinski definition) is 1. The molecule has 0 unspecified atom stereocenters. The summed E-state index contributed by atoms with van der Waals surface area (Å²) in [6.07, 6.45) is 1.79. The minimum absolute atomic E-state index is 0.173. The van der Waals surface area contributed by atoms with Gasteiger partial charge in [-0.05, 0) is 37.3 Å². The quantitative estimate of drug-likeness (QED) is 0.561. The number of fused-ring (bicyclic) bond motifs is 1. The molecule has 0 aliphatic carbocycles. The van der Waals surface area contributed by atoms with E-state index in [9.17, 15) is 4.79 Å². The minimum atomic E-state index is -0.297. The first-order valence-corrected chi connectivity index (χ1v) is 8.65. The predicted octanol–water partition coefficient (Wildman–Crippen LogP) is 3.32. The molecule has 0 saturated heterocycles. The van der Waals surface area contributed by atoms with Gasteiger partial charge in [-0.25, -0.2) is 0 Å². The monoisotopic (exact) mass is 402 g/mol. The maximum absolute atomic E-state index is 12.3. The number of halogens is 2. The topological polar surface area (TPSA) is 98.2 Å². The number of rotatable bonds is 4. The highest BCUT2D eigenvalue weighted by Gasteiger charge is 2.16. The molecule has 0 aliphatic heterocycles. The summed E-state index contributed by atoms with van der Waals surface area (Å²) in [5, 5.41) is 15.6. The summed E-state index contributed by atoms with van der Waals surface area (Å²) in [6, 6.07) is 8.31.